The minimum atomic E-state index is -0.179. The number of rotatable bonds is 4. The maximum atomic E-state index is 13.0. The molecule has 0 fully saturated rings. The van der Waals surface area contributed by atoms with Crippen molar-refractivity contribution in [3.63, 3.8) is 0 Å². The second-order valence-electron chi connectivity index (χ2n) is 6.38. The van der Waals surface area contributed by atoms with Crippen LogP contribution in [0.15, 0.2) is 50.8 Å². The lowest BCUT2D eigenvalue weighted by molar-refractivity contribution is 0.411. The van der Waals surface area contributed by atoms with Gasteiger partial charge in [-0.1, -0.05) is 29.8 Å². The van der Waals surface area contributed by atoms with Crippen molar-refractivity contribution in [2.24, 2.45) is 5.10 Å². The summed E-state index contributed by atoms with van der Waals surface area (Å²) >= 11 is 3.41. The molecule has 6 heteroatoms. The zero-order chi connectivity index (χ0) is 18.8. The molecule has 0 aliphatic carbocycles. The van der Waals surface area contributed by atoms with Gasteiger partial charge in [0.1, 0.15) is 11.6 Å². The normalized spacial score (nSPS) is 11.6. The molecule has 0 spiro atoms. The van der Waals surface area contributed by atoms with E-state index < -0.39 is 0 Å². The van der Waals surface area contributed by atoms with Gasteiger partial charge in [0.15, 0.2) is 0 Å². The number of aryl methyl sites for hydroxylation is 1. The number of halogens is 1. The Balaban J connectivity index is 2.14. The van der Waals surface area contributed by atoms with Gasteiger partial charge in [0, 0.05) is 10.4 Å². The van der Waals surface area contributed by atoms with Gasteiger partial charge in [-0.25, -0.2) is 4.98 Å². The van der Waals surface area contributed by atoms with Crippen LogP contribution in [0.25, 0.3) is 10.9 Å². The number of fused-ring (bicyclic) bond motifs is 1. The topological polar surface area (TPSA) is 56.5 Å². The molecule has 1 heterocycles. The van der Waals surface area contributed by atoms with Crippen molar-refractivity contribution in [2.75, 3.05) is 7.11 Å². The van der Waals surface area contributed by atoms with Gasteiger partial charge in [0.05, 0.1) is 24.2 Å². The molecule has 134 valence electrons. The van der Waals surface area contributed by atoms with Gasteiger partial charge in [-0.2, -0.15) is 9.78 Å². The Bertz CT molecular complexity index is 1050. The van der Waals surface area contributed by atoms with Crippen LogP contribution >= 0.6 is 15.9 Å². The van der Waals surface area contributed by atoms with Crippen molar-refractivity contribution in [1.29, 1.82) is 0 Å². The van der Waals surface area contributed by atoms with Gasteiger partial charge in [0.25, 0.3) is 5.56 Å². The molecule has 0 saturated heterocycles. The van der Waals surface area contributed by atoms with Crippen molar-refractivity contribution in [2.45, 2.75) is 26.7 Å². The third-order valence-electron chi connectivity index (χ3n) is 4.09. The predicted octanol–water partition coefficient (Wildman–Crippen LogP) is 4.48. The molecule has 3 aromatic rings. The van der Waals surface area contributed by atoms with Crippen LogP contribution < -0.4 is 10.3 Å². The van der Waals surface area contributed by atoms with Crippen molar-refractivity contribution in [3.8, 4) is 5.75 Å². The van der Waals surface area contributed by atoms with Gasteiger partial charge in [0.2, 0.25) is 0 Å². The van der Waals surface area contributed by atoms with Crippen LogP contribution in [0.1, 0.15) is 36.7 Å². The molecule has 1 aromatic heterocycles. The van der Waals surface area contributed by atoms with E-state index in [9.17, 15) is 4.79 Å². The summed E-state index contributed by atoms with van der Waals surface area (Å²) in [6.45, 7) is 5.96. The lowest BCUT2D eigenvalue weighted by atomic mass is 10.1. The lowest BCUT2D eigenvalue weighted by Crippen LogP contribution is -2.23. The fraction of sp³-hybridized carbons (Fsp3) is 0.250. The Morgan fingerprint density at radius 2 is 2.00 bits per heavy atom. The smallest absolute Gasteiger partial charge is 0.282 e. The van der Waals surface area contributed by atoms with Gasteiger partial charge in [-0.3, -0.25) is 4.79 Å². The first-order valence-electron chi connectivity index (χ1n) is 8.32. The zero-order valence-electron chi connectivity index (χ0n) is 15.2. The van der Waals surface area contributed by atoms with E-state index in [1.165, 1.54) is 4.68 Å². The summed E-state index contributed by atoms with van der Waals surface area (Å²) in [5.41, 5.74) is 2.39. The van der Waals surface area contributed by atoms with Crippen molar-refractivity contribution in [3.05, 3.63) is 68.2 Å². The maximum Gasteiger partial charge on any atom is 0.282 e. The Hall–Kier alpha value is -2.47. The molecule has 0 aliphatic rings. The van der Waals surface area contributed by atoms with E-state index in [1.54, 1.807) is 19.4 Å². The fourth-order valence-electron chi connectivity index (χ4n) is 2.76. The molecule has 0 unspecified atom stereocenters. The quantitative estimate of drug-likeness (QED) is 0.592. The molecule has 5 nitrogen and oxygen atoms in total. The molecule has 26 heavy (non-hydrogen) atoms. The largest absolute Gasteiger partial charge is 0.496 e. The molecule has 3 rings (SSSR count). The fourth-order valence-corrected chi connectivity index (χ4v) is 3.12. The van der Waals surface area contributed by atoms with E-state index in [4.69, 9.17) is 4.74 Å². The number of ether oxygens (including phenoxy) is 1. The van der Waals surface area contributed by atoms with Crippen LogP contribution in [0.5, 0.6) is 5.75 Å². The summed E-state index contributed by atoms with van der Waals surface area (Å²) < 4.78 is 7.50. The second-order valence-corrected chi connectivity index (χ2v) is 7.29. The van der Waals surface area contributed by atoms with Crippen LogP contribution in [0.2, 0.25) is 0 Å². The number of nitrogens with zero attached hydrogens (tertiary/aromatic N) is 3. The summed E-state index contributed by atoms with van der Waals surface area (Å²) in [7, 11) is 1.64. The summed E-state index contributed by atoms with van der Waals surface area (Å²) in [5.74, 6) is 1.51. The number of benzene rings is 2. The summed E-state index contributed by atoms with van der Waals surface area (Å²) in [6, 6.07) is 11.3. The highest BCUT2D eigenvalue weighted by molar-refractivity contribution is 9.10. The minimum Gasteiger partial charge on any atom is -0.496 e. The van der Waals surface area contributed by atoms with Gasteiger partial charge in [-0.05, 0) is 54.4 Å². The van der Waals surface area contributed by atoms with Crippen molar-refractivity contribution < 1.29 is 4.74 Å². The molecule has 0 atom stereocenters. The summed E-state index contributed by atoms with van der Waals surface area (Å²) in [6.07, 6.45) is 1.67. The highest BCUT2D eigenvalue weighted by atomic mass is 79.9. The highest BCUT2D eigenvalue weighted by Gasteiger charge is 2.13. The van der Waals surface area contributed by atoms with Crippen LogP contribution in [0.3, 0.4) is 0 Å². The van der Waals surface area contributed by atoms with Crippen LogP contribution in [-0.4, -0.2) is 23.0 Å². The molecule has 0 bridgehead atoms. The Kier molecular flexibility index (Phi) is 5.23. The number of methoxy groups -OCH3 is 1. The first-order valence-corrected chi connectivity index (χ1v) is 9.11. The molecule has 0 amide bonds. The Morgan fingerprint density at radius 1 is 1.23 bits per heavy atom. The first kappa shape index (κ1) is 18.3. The Labute approximate surface area is 160 Å². The SMILES string of the molecule is COc1ccc(C=Nn2c(C(C)C)nc3ccc(Br)cc3c2=O)cc1C. The summed E-state index contributed by atoms with van der Waals surface area (Å²) in [5, 5.41) is 4.97. The molecular weight excluding hydrogens is 394 g/mol. The average molecular weight is 414 g/mol. The minimum absolute atomic E-state index is 0.0606. The van der Waals surface area contributed by atoms with Gasteiger partial charge in [-0.15, -0.1) is 0 Å². The Morgan fingerprint density at radius 3 is 2.65 bits per heavy atom. The van der Waals surface area contributed by atoms with Crippen LogP contribution in [-0.2, 0) is 0 Å². The molecule has 0 aliphatic heterocycles. The molecular formula is C20H20BrN3O2. The van der Waals surface area contributed by atoms with E-state index in [1.807, 2.05) is 51.1 Å². The van der Waals surface area contributed by atoms with E-state index in [0.717, 1.165) is 21.3 Å². The predicted molar refractivity (Wildman–Crippen MR) is 109 cm³/mol. The molecule has 0 N–H and O–H groups in total. The third-order valence-corrected chi connectivity index (χ3v) is 4.58. The maximum absolute atomic E-state index is 13.0. The first-order chi connectivity index (χ1) is 12.4. The zero-order valence-corrected chi connectivity index (χ0v) is 16.7. The van der Waals surface area contributed by atoms with E-state index >= 15 is 0 Å². The molecule has 0 radical (unpaired) electrons. The number of hydrogen-bond donors (Lipinski definition) is 0. The monoisotopic (exact) mass is 413 g/mol. The lowest BCUT2D eigenvalue weighted by Gasteiger charge is -2.12. The number of aromatic nitrogens is 2. The van der Waals surface area contributed by atoms with E-state index in [-0.39, 0.29) is 11.5 Å². The summed E-state index contributed by atoms with van der Waals surface area (Å²) in [4.78, 5) is 17.6. The van der Waals surface area contributed by atoms with E-state index in [0.29, 0.717) is 16.7 Å². The average Bonchev–Trinajstić information content (AvgIpc) is 2.61. The van der Waals surface area contributed by atoms with Crippen molar-refractivity contribution in [1.82, 2.24) is 9.66 Å². The molecule has 0 saturated carbocycles. The second kappa shape index (κ2) is 7.41. The van der Waals surface area contributed by atoms with Gasteiger partial charge < -0.3 is 4.74 Å². The van der Waals surface area contributed by atoms with Crippen LogP contribution in [0, 0.1) is 6.92 Å². The molecule has 2 aromatic carbocycles. The van der Waals surface area contributed by atoms with Gasteiger partial charge >= 0.3 is 0 Å². The standard InChI is InChI=1S/C20H20BrN3O2/c1-12(2)19-23-17-7-6-15(21)10-16(17)20(25)24(19)22-11-14-5-8-18(26-4)13(3)9-14/h5-12H,1-4H3. The number of hydrogen-bond acceptors (Lipinski definition) is 4. The van der Waals surface area contributed by atoms with E-state index in [2.05, 4.69) is 26.0 Å². The van der Waals surface area contributed by atoms with Crippen molar-refractivity contribution >= 4 is 33.0 Å². The highest BCUT2D eigenvalue weighted by Crippen LogP contribution is 2.20. The van der Waals surface area contributed by atoms with Crippen LogP contribution in [0.4, 0.5) is 0 Å². The third kappa shape index (κ3) is 3.55.